The molecule has 2 atom stereocenters. The summed E-state index contributed by atoms with van der Waals surface area (Å²) < 4.78 is 0. The smallest absolute Gasteiger partial charge is 0.404 e. The largest absolute Gasteiger partial charge is 0.465 e. The highest BCUT2D eigenvalue weighted by Gasteiger charge is 2.37. The first-order chi connectivity index (χ1) is 5.54. The highest BCUT2D eigenvalue weighted by molar-refractivity contribution is 5.64. The number of carbonyl (C=O) groups is 1. The first kappa shape index (κ1) is 9.28. The van der Waals surface area contributed by atoms with Gasteiger partial charge in [-0.2, -0.15) is 0 Å². The minimum atomic E-state index is -1.05. The molecule has 2 unspecified atom stereocenters. The Bertz CT molecular complexity index is 185. The van der Waals surface area contributed by atoms with E-state index in [-0.39, 0.29) is 12.0 Å². The Morgan fingerprint density at radius 2 is 2.50 bits per heavy atom. The number of hydrogen-bond acceptors (Lipinski definition) is 3. The van der Waals surface area contributed by atoms with Gasteiger partial charge in [0.1, 0.15) is 0 Å². The predicted molar refractivity (Wildman–Crippen MR) is 43.0 cm³/mol. The van der Waals surface area contributed by atoms with Crippen molar-refractivity contribution in [2.45, 2.75) is 13.0 Å². The Morgan fingerprint density at radius 1 is 1.83 bits per heavy atom. The molecule has 0 bridgehead atoms. The minimum Gasteiger partial charge on any atom is -0.465 e. The van der Waals surface area contributed by atoms with Gasteiger partial charge in [-0.25, -0.2) is 4.79 Å². The molecular formula is C7H14N2O3. The van der Waals surface area contributed by atoms with E-state index in [4.69, 9.17) is 5.11 Å². The average Bonchev–Trinajstić information content (AvgIpc) is 2.30. The van der Waals surface area contributed by atoms with Crippen molar-refractivity contribution in [3.63, 3.8) is 0 Å². The first-order valence-corrected chi connectivity index (χ1v) is 3.90. The number of hydrogen-bond donors (Lipinski definition) is 4. The summed E-state index contributed by atoms with van der Waals surface area (Å²) in [5.74, 6) is 0. The molecule has 4 N–H and O–H groups in total. The van der Waals surface area contributed by atoms with E-state index in [1.165, 1.54) is 0 Å². The zero-order chi connectivity index (χ0) is 9.19. The fourth-order valence-electron chi connectivity index (χ4n) is 1.32. The van der Waals surface area contributed by atoms with Crippen LogP contribution < -0.4 is 10.6 Å². The molecule has 1 rings (SSSR count). The van der Waals surface area contributed by atoms with Crippen molar-refractivity contribution in [3.8, 4) is 0 Å². The van der Waals surface area contributed by atoms with Crippen LogP contribution in [0.1, 0.15) is 6.92 Å². The lowest BCUT2D eigenvalue weighted by atomic mass is 9.87. The quantitative estimate of drug-likeness (QED) is 0.443. The third-order valence-corrected chi connectivity index (χ3v) is 2.31. The molecule has 1 aliphatic rings. The highest BCUT2D eigenvalue weighted by Crippen LogP contribution is 2.23. The van der Waals surface area contributed by atoms with Crippen molar-refractivity contribution in [1.82, 2.24) is 10.6 Å². The second-order valence-electron chi connectivity index (χ2n) is 3.46. The van der Waals surface area contributed by atoms with E-state index in [9.17, 15) is 9.90 Å². The van der Waals surface area contributed by atoms with Crippen LogP contribution in [-0.4, -0.2) is 42.0 Å². The number of amides is 1. The number of aliphatic hydroxyl groups excluding tert-OH is 1. The van der Waals surface area contributed by atoms with Crippen LogP contribution in [-0.2, 0) is 0 Å². The second kappa shape index (κ2) is 3.28. The predicted octanol–water partition coefficient (Wildman–Crippen LogP) is -0.776. The maximum Gasteiger partial charge on any atom is 0.404 e. The Hall–Kier alpha value is -0.810. The summed E-state index contributed by atoms with van der Waals surface area (Å²) in [5.41, 5.74) is -0.363. The SMILES string of the molecule is CC1(CNC(=O)O)CNCC1O. The summed E-state index contributed by atoms with van der Waals surface area (Å²) in [6.45, 7) is 3.33. The van der Waals surface area contributed by atoms with E-state index in [0.717, 1.165) is 0 Å². The summed E-state index contributed by atoms with van der Waals surface area (Å²) >= 11 is 0. The molecular weight excluding hydrogens is 160 g/mol. The maximum atomic E-state index is 10.2. The van der Waals surface area contributed by atoms with Gasteiger partial charge in [0.15, 0.2) is 0 Å². The Kier molecular flexibility index (Phi) is 2.54. The van der Waals surface area contributed by atoms with Gasteiger partial charge >= 0.3 is 6.09 Å². The van der Waals surface area contributed by atoms with Crippen molar-refractivity contribution in [1.29, 1.82) is 0 Å². The van der Waals surface area contributed by atoms with E-state index in [0.29, 0.717) is 13.1 Å². The summed E-state index contributed by atoms with van der Waals surface area (Å²) in [6, 6.07) is 0. The summed E-state index contributed by atoms with van der Waals surface area (Å²) in [6.07, 6.45) is -1.51. The van der Waals surface area contributed by atoms with Crippen LogP contribution in [0.3, 0.4) is 0 Å². The van der Waals surface area contributed by atoms with Crippen molar-refractivity contribution < 1.29 is 15.0 Å². The molecule has 5 nitrogen and oxygen atoms in total. The molecule has 0 aromatic heterocycles. The molecule has 1 saturated heterocycles. The maximum absolute atomic E-state index is 10.2. The van der Waals surface area contributed by atoms with Crippen molar-refractivity contribution in [3.05, 3.63) is 0 Å². The number of carboxylic acid groups (broad SMARTS) is 1. The summed E-state index contributed by atoms with van der Waals surface area (Å²) in [4.78, 5) is 10.2. The molecule has 1 fully saturated rings. The van der Waals surface area contributed by atoms with Crippen LogP contribution in [0.4, 0.5) is 4.79 Å². The van der Waals surface area contributed by atoms with E-state index >= 15 is 0 Å². The molecule has 1 amide bonds. The number of rotatable bonds is 2. The van der Waals surface area contributed by atoms with E-state index in [1.807, 2.05) is 6.92 Å². The van der Waals surface area contributed by atoms with Gasteiger partial charge in [0, 0.05) is 25.0 Å². The highest BCUT2D eigenvalue weighted by atomic mass is 16.4. The van der Waals surface area contributed by atoms with Gasteiger partial charge in [-0.1, -0.05) is 6.92 Å². The Labute approximate surface area is 70.8 Å². The molecule has 70 valence electrons. The molecule has 0 aromatic rings. The molecule has 1 heterocycles. The summed E-state index contributed by atoms with van der Waals surface area (Å²) in [7, 11) is 0. The van der Waals surface area contributed by atoms with Crippen LogP contribution in [0.2, 0.25) is 0 Å². The van der Waals surface area contributed by atoms with E-state index in [2.05, 4.69) is 10.6 Å². The van der Waals surface area contributed by atoms with Crippen LogP contribution in [0, 0.1) is 5.41 Å². The van der Waals surface area contributed by atoms with E-state index < -0.39 is 12.2 Å². The molecule has 12 heavy (non-hydrogen) atoms. The molecule has 1 aliphatic heterocycles. The lowest BCUT2D eigenvalue weighted by molar-refractivity contribution is 0.0817. The molecule has 0 aliphatic carbocycles. The van der Waals surface area contributed by atoms with Gasteiger partial charge in [-0.15, -0.1) is 0 Å². The van der Waals surface area contributed by atoms with Crippen molar-refractivity contribution >= 4 is 6.09 Å². The standard InChI is InChI=1S/C7H14N2O3/c1-7(4-9-6(11)12)3-8-2-5(7)10/h5,8-10H,2-4H2,1H3,(H,11,12). The van der Waals surface area contributed by atoms with E-state index in [1.54, 1.807) is 0 Å². The zero-order valence-electron chi connectivity index (χ0n) is 7.00. The van der Waals surface area contributed by atoms with Gasteiger partial charge in [0.25, 0.3) is 0 Å². The molecule has 0 spiro atoms. The minimum absolute atomic E-state index is 0.288. The fourth-order valence-corrected chi connectivity index (χ4v) is 1.32. The van der Waals surface area contributed by atoms with Crippen LogP contribution in [0.25, 0.3) is 0 Å². The topological polar surface area (TPSA) is 81.6 Å². The molecule has 5 heteroatoms. The normalized spacial score (nSPS) is 35.0. The molecule has 0 saturated carbocycles. The summed E-state index contributed by atoms with van der Waals surface area (Å²) in [5, 5.41) is 23.1. The first-order valence-electron chi connectivity index (χ1n) is 3.90. The van der Waals surface area contributed by atoms with Gasteiger partial charge in [-0.05, 0) is 0 Å². The number of β-amino-alcohol motifs (C(OH)–C–C–N with tert-alkyl or cyclic N) is 1. The molecule has 0 radical (unpaired) electrons. The number of nitrogens with one attached hydrogen (secondary N) is 2. The lowest BCUT2D eigenvalue weighted by Gasteiger charge is -2.26. The van der Waals surface area contributed by atoms with Gasteiger partial charge in [-0.3, -0.25) is 0 Å². The average molecular weight is 174 g/mol. The van der Waals surface area contributed by atoms with Crippen LogP contribution >= 0.6 is 0 Å². The van der Waals surface area contributed by atoms with Gasteiger partial charge in [0.2, 0.25) is 0 Å². The second-order valence-corrected chi connectivity index (χ2v) is 3.46. The Morgan fingerprint density at radius 3 is 2.92 bits per heavy atom. The fraction of sp³-hybridized carbons (Fsp3) is 0.857. The van der Waals surface area contributed by atoms with Gasteiger partial charge in [0.05, 0.1) is 6.10 Å². The van der Waals surface area contributed by atoms with Crippen molar-refractivity contribution in [2.24, 2.45) is 5.41 Å². The van der Waals surface area contributed by atoms with Gasteiger partial charge < -0.3 is 20.8 Å². The third kappa shape index (κ3) is 1.86. The number of aliphatic hydroxyl groups is 1. The monoisotopic (exact) mass is 174 g/mol. The zero-order valence-corrected chi connectivity index (χ0v) is 7.00. The Balaban J connectivity index is 2.42. The van der Waals surface area contributed by atoms with Crippen LogP contribution in [0.15, 0.2) is 0 Å². The third-order valence-electron chi connectivity index (χ3n) is 2.31. The molecule has 0 aromatic carbocycles. The van der Waals surface area contributed by atoms with Crippen LogP contribution in [0.5, 0.6) is 0 Å². The lowest BCUT2D eigenvalue weighted by Crippen LogP contribution is -2.42. The van der Waals surface area contributed by atoms with Crippen molar-refractivity contribution in [2.75, 3.05) is 19.6 Å².